The van der Waals surface area contributed by atoms with Gasteiger partial charge >= 0.3 is 5.97 Å². The molecule has 0 aromatic carbocycles. The summed E-state index contributed by atoms with van der Waals surface area (Å²) < 4.78 is 5.60. The molecule has 2 fully saturated rings. The summed E-state index contributed by atoms with van der Waals surface area (Å²) in [5, 5.41) is 10.4. The SMILES string of the molecule is Cc1ccc(-c2nc(C)c(C(=O)N3C[C@@H]4CCC[C@@]4(C(=O)O)C3)s2)o1. The Morgan fingerprint density at radius 2 is 2.20 bits per heavy atom. The van der Waals surface area contributed by atoms with Crippen LogP contribution in [0.3, 0.4) is 0 Å². The third-order valence-corrected chi connectivity index (χ3v) is 6.69. The standard InChI is InChI=1S/C18H20N2O4S/c1-10-5-6-13(24-10)15-19-11(2)14(25-15)16(21)20-8-12-4-3-7-18(12,9-20)17(22)23/h5-6,12H,3-4,7-9H2,1-2H3,(H,22,23)/t12-,18+/m0/s1. The average Bonchev–Trinajstić information content (AvgIpc) is 3.28. The Morgan fingerprint density at radius 1 is 1.40 bits per heavy atom. The largest absolute Gasteiger partial charge is 0.481 e. The highest BCUT2D eigenvalue weighted by Crippen LogP contribution is 2.49. The molecule has 3 heterocycles. The molecule has 132 valence electrons. The summed E-state index contributed by atoms with van der Waals surface area (Å²) in [6, 6.07) is 3.72. The summed E-state index contributed by atoms with van der Waals surface area (Å²) in [5.41, 5.74) is -0.0876. The third-order valence-electron chi connectivity index (χ3n) is 5.53. The lowest BCUT2D eigenvalue weighted by Crippen LogP contribution is -2.37. The van der Waals surface area contributed by atoms with E-state index in [1.807, 2.05) is 26.0 Å². The van der Waals surface area contributed by atoms with Gasteiger partial charge in [0.15, 0.2) is 10.8 Å². The number of aryl methyl sites for hydroxylation is 2. The first-order valence-corrected chi connectivity index (χ1v) is 9.29. The van der Waals surface area contributed by atoms with E-state index in [2.05, 4.69) is 4.98 Å². The maximum Gasteiger partial charge on any atom is 0.311 e. The number of carboxylic acid groups (broad SMARTS) is 1. The molecule has 6 nitrogen and oxygen atoms in total. The van der Waals surface area contributed by atoms with Crippen LogP contribution in [0.4, 0.5) is 0 Å². The molecule has 2 aromatic heterocycles. The zero-order valence-electron chi connectivity index (χ0n) is 14.2. The predicted molar refractivity (Wildman–Crippen MR) is 92.6 cm³/mol. The van der Waals surface area contributed by atoms with Crippen LogP contribution in [0.15, 0.2) is 16.5 Å². The minimum Gasteiger partial charge on any atom is -0.481 e. The molecule has 2 atom stereocenters. The number of carbonyl (C=O) groups is 2. The number of carbonyl (C=O) groups excluding carboxylic acids is 1. The number of nitrogens with zero attached hydrogens (tertiary/aromatic N) is 2. The summed E-state index contributed by atoms with van der Waals surface area (Å²) >= 11 is 1.31. The molecule has 25 heavy (non-hydrogen) atoms. The molecule has 1 amide bonds. The second kappa shape index (κ2) is 5.69. The Kier molecular flexibility index (Phi) is 3.72. The van der Waals surface area contributed by atoms with Crippen molar-refractivity contribution in [1.29, 1.82) is 0 Å². The lowest BCUT2D eigenvalue weighted by molar-refractivity contribution is -0.149. The number of hydrogen-bond donors (Lipinski definition) is 1. The number of aliphatic carboxylic acids is 1. The molecule has 1 saturated heterocycles. The Balaban J connectivity index is 1.60. The summed E-state index contributed by atoms with van der Waals surface area (Å²) in [6.07, 6.45) is 2.48. The van der Waals surface area contributed by atoms with Crippen molar-refractivity contribution in [2.75, 3.05) is 13.1 Å². The fourth-order valence-electron chi connectivity index (χ4n) is 4.19. The molecule has 2 aromatic rings. The van der Waals surface area contributed by atoms with Gasteiger partial charge in [0.05, 0.1) is 11.1 Å². The fraction of sp³-hybridized carbons (Fsp3) is 0.500. The van der Waals surface area contributed by atoms with Gasteiger partial charge in [-0.3, -0.25) is 9.59 Å². The van der Waals surface area contributed by atoms with Crippen LogP contribution in [-0.4, -0.2) is 40.0 Å². The quantitative estimate of drug-likeness (QED) is 0.907. The molecule has 4 rings (SSSR count). The second-order valence-corrected chi connectivity index (χ2v) is 8.08. The van der Waals surface area contributed by atoms with E-state index < -0.39 is 11.4 Å². The van der Waals surface area contributed by atoms with E-state index in [1.54, 1.807) is 4.90 Å². The van der Waals surface area contributed by atoms with E-state index in [1.165, 1.54) is 11.3 Å². The Bertz CT molecular complexity index is 855. The molecular formula is C18H20N2O4S. The van der Waals surface area contributed by atoms with E-state index in [-0.39, 0.29) is 11.8 Å². The predicted octanol–water partition coefficient (Wildman–Crippen LogP) is 3.35. The van der Waals surface area contributed by atoms with Crippen LogP contribution in [0.2, 0.25) is 0 Å². The second-order valence-electron chi connectivity index (χ2n) is 7.08. The molecule has 0 radical (unpaired) electrons. The first-order valence-electron chi connectivity index (χ1n) is 8.47. The summed E-state index contributed by atoms with van der Waals surface area (Å²) in [7, 11) is 0. The number of aromatic nitrogens is 1. The zero-order valence-corrected chi connectivity index (χ0v) is 15.1. The fourth-order valence-corrected chi connectivity index (χ4v) is 5.18. The Hall–Kier alpha value is -2.15. The van der Waals surface area contributed by atoms with Crippen LogP contribution < -0.4 is 0 Å². The molecule has 1 aliphatic heterocycles. The van der Waals surface area contributed by atoms with Gasteiger partial charge in [0.2, 0.25) is 0 Å². The van der Waals surface area contributed by atoms with Crippen LogP contribution in [0.1, 0.15) is 40.4 Å². The molecule has 0 bridgehead atoms. The summed E-state index contributed by atoms with van der Waals surface area (Å²) in [5.74, 6) is 0.642. The number of furan rings is 1. The minimum atomic E-state index is -0.766. The Labute approximate surface area is 149 Å². The molecule has 0 unspecified atom stereocenters. The van der Waals surface area contributed by atoms with Crippen LogP contribution in [0, 0.1) is 25.2 Å². The van der Waals surface area contributed by atoms with Crippen LogP contribution in [0.25, 0.3) is 10.8 Å². The minimum absolute atomic E-state index is 0.0642. The smallest absolute Gasteiger partial charge is 0.311 e. The molecule has 1 aliphatic carbocycles. The lowest BCUT2D eigenvalue weighted by Gasteiger charge is -2.23. The van der Waals surface area contributed by atoms with Crippen LogP contribution in [-0.2, 0) is 4.79 Å². The lowest BCUT2D eigenvalue weighted by atomic mass is 9.81. The van der Waals surface area contributed by atoms with Crippen molar-refractivity contribution in [3.8, 4) is 10.8 Å². The maximum atomic E-state index is 13.0. The van der Waals surface area contributed by atoms with Crippen molar-refractivity contribution in [2.24, 2.45) is 11.3 Å². The van der Waals surface area contributed by atoms with Crippen molar-refractivity contribution < 1.29 is 19.1 Å². The van der Waals surface area contributed by atoms with E-state index >= 15 is 0 Å². The number of likely N-dealkylation sites (tertiary alicyclic amines) is 1. The van der Waals surface area contributed by atoms with Crippen molar-refractivity contribution in [1.82, 2.24) is 9.88 Å². The molecule has 1 N–H and O–H groups in total. The van der Waals surface area contributed by atoms with Gasteiger partial charge in [-0.05, 0) is 44.7 Å². The highest BCUT2D eigenvalue weighted by Gasteiger charge is 2.56. The molecular weight excluding hydrogens is 340 g/mol. The van der Waals surface area contributed by atoms with Crippen LogP contribution in [0.5, 0.6) is 0 Å². The van der Waals surface area contributed by atoms with E-state index in [9.17, 15) is 14.7 Å². The normalized spacial score (nSPS) is 25.4. The van der Waals surface area contributed by atoms with Gasteiger partial charge in [-0.25, -0.2) is 4.98 Å². The van der Waals surface area contributed by atoms with Crippen molar-refractivity contribution >= 4 is 23.2 Å². The first kappa shape index (κ1) is 16.3. The van der Waals surface area contributed by atoms with Gasteiger partial charge in [-0.2, -0.15) is 0 Å². The van der Waals surface area contributed by atoms with Gasteiger partial charge in [-0.1, -0.05) is 6.42 Å². The molecule has 0 spiro atoms. The van der Waals surface area contributed by atoms with Gasteiger partial charge in [0.25, 0.3) is 5.91 Å². The Morgan fingerprint density at radius 3 is 2.84 bits per heavy atom. The van der Waals surface area contributed by atoms with Gasteiger partial charge in [0.1, 0.15) is 10.6 Å². The molecule has 2 aliphatic rings. The average molecular weight is 360 g/mol. The van der Waals surface area contributed by atoms with Crippen molar-refractivity contribution in [3.63, 3.8) is 0 Å². The highest BCUT2D eigenvalue weighted by atomic mass is 32.1. The van der Waals surface area contributed by atoms with E-state index in [0.29, 0.717) is 40.8 Å². The van der Waals surface area contributed by atoms with Crippen LogP contribution >= 0.6 is 11.3 Å². The third kappa shape index (κ3) is 2.49. The highest BCUT2D eigenvalue weighted by molar-refractivity contribution is 7.17. The number of fused-ring (bicyclic) bond motifs is 1. The van der Waals surface area contributed by atoms with E-state index in [4.69, 9.17) is 4.42 Å². The van der Waals surface area contributed by atoms with Gasteiger partial charge in [-0.15, -0.1) is 11.3 Å². The number of rotatable bonds is 3. The topological polar surface area (TPSA) is 83.6 Å². The van der Waals surface area contributed by atoms with Gasteiger partial charge < -0.3 is 14.4 Å². The number of carboxylic acids is 1. The van der Waals surface area contributed by atoms with Crippen molar-refractivity contribution in [3.05, 3.63) is 28.5 Å². The van der Waals surface area contributed by atoms with E-state index in [0.717, 1.165) is 18.6 Å². The monoisotopic (exact) mass is 360 g/mol. The molecule has 7 heteroatoms. The van der Waals surface area contributed by atoms with Gasteiger partial charge in [0, 0.05) is 13.1 Å². The first-order chi connectivity index (χ1) is 11.9. The summed E-state index contributed by atoms with van der Waals surface area (Å²) in [4.78, 5) is 31.5. The molecule has 1 saturated carbocycles. The number of hydrogen-bond acceptors (Lipinski definition) is 5. The summed E-state index contributed by atoms with van der Waals surface area (Å²) in [6.45, 7) is 4.51. The maximum absolute atomic E-state index is 13.0. The number of thiazole rings is 1. The zero-order chi connectivity index (χ0) is 17.8. The van der Waals surface area contributed by atoms with Crippen molar-refractivity contribution in [2.45, 2.75) is 33.1 Å². The number of amides is 1.